The largest absolute Gasteiger partial charge is 0.416 e. The summed E-state index contributed by atoms with van der Waals surface area (Å²) in [7, 11) is -3.82. The normalized spacial score (nSPS) is 24.8. The summed E-state index contributed by atoms with van der Waals surface area (Å²) in [5, 5.41) is 0. The second-order valence-corrected chi connectivity index (χ2v) is 7.74. The fraction of sp³-hybridized carbons (Fsp3) is 0.600. The van der Waals surface area contributed by atoms with Gasteiger partial charge < -0.3 is 4.74 Å². The van der Waals surface area contributed by atoms with Crippen molar-refractivity contribution in [3.63, 3.8) is 0 Å². The van der Waals surface area contributed by atoms with Crippen LogP contribution in [0.5, 0.6) is 0 Å². The van der Waals surface area contributed by atoms with Crippen LogP contribution in [0.4, 0.5) is 13.2 Å². The van der Waals surface area contributed by atoms with E-state index in [1.54, 1.807) is 13.8 Å². The molecule has 0 saturated carbocycles. The van der Waals surface area contributed by atoms with Crippen molar-refractivity contribution in [3.8, 4) is 0 Å². The van der Waals surface area contributed by atoms with Crippen LogP contribution in [0.1, 0.15) is 37.9 Å². The number of benzene rings is 1. The molecule has 1 aliphatic rings. The van der Waals surface area contributed by atoms with Crippen molar-refractivity contribution >= 4 is 10.2 Å². The lowest BCUT2D eigenvalue weighted by Crippen LogP contribution is -2.52. The minimum atomic E-state index is -4.47. The number of hydrogen-bond acceptors (Lipinski definition) is 3. The smallest absolute Gasteiger partial charge is 0.373 e. The monoisotopic (exact) mass is 366 g/mol. The van der Waals surface area contributed by atoms with Gasteiger partial charge in [-0.25, -0.2) is 0 Å². The molecule has 1 aromatic carbocycles. The SMILES string of the molecule is CC1CN(S(=O)(=O)NC(C)c2cccc(C(F)(F)F)c2)CC(C)O1. The summed E-state index contributed by atoms with van der Waals surface area (Å²) in [5.41, 5.74) is -0.553. The highest BCUT2D eigenvalue weighted by Gasteiger charge is 2.33. The Labute approximate surface area is 140 Å². The molecule has 3 atom stereocenters. The highest BCUT2D eigenvalue weighted by Crippen LogP contribution is 2.31. The lowest BCUT2D eigenvalue weighted by atomic mass is 10.1. The zero-order valence-electron chi connectivity index (χ0n) is 13.7. The Morgan fingerprint density at radius 3 is 2.38 bits per heavy atom. The predicted molar refractivity (Wildman–Crippen MR) is 83.5 cm³/mol. The second-order valence-electron chi connectivity index (χ2n) is 6.04. The average Bonchev–Trinajstić information content (AvgIpc) is 2.45. The molecular formula is C15H21F3N2O3S. The van der Waals surface area contributed by atoms with Crippen LogP contribution in [-0.2, 0) is 21.1 Å². The van der Waals surface area contributed by atoms with Crippen LogP contribution in [0.25, 0.3) is 0 Å². The Hall–Kier alpha value is -1.16. The molecule has 1 N–H and O–H groups in total. The van der Waals surface area contributed by atoms with Gasteiger partial charge in [-0.05, 0) is 38.5 Å². The molecular weight excluding hydrogens is 345 g/mol. The van der Waals surface area contributed by atoms with Crippen LogP contribution in [0.15, 0.2) is 24.3 Å². The Balaban J connectivity index is 2.15. The predicted octanol–water partition coefficient (Wildman–Crippen LogP) is 2.71. The van der Waals surface area contributed by atoms with Crippen LogP contribution in [0.3, 0.4) is 0 Å². The fourth-order valence-corrected chi connectivity index (χ4v) is 4.22. The van der Waals surface area contributed by atoms with Gasteiger partial charge in [0.25, 0.3) is 10.2 Å². The van der Waals surface area contributed by atoms with E-state index in [9.17, 15) is 21.6 Å². The molecule has 1 heterocycles. The Kier molecular flexibility index (Phi) is 5.58. The molecule has 0 amide bonds. The molecule has 0 aromatic heterocycles. The third-order valence-corrected chi connectivity index (χ3v) is 5.40. The standard InChI is InChI=1S/C15H21F3N2O3S/c1-10-8-20(9-11(2)23-10)24(21,22)19-12(3)13-5-4-6-14(7-13)15(16,17)18/h4-7,10-12,19H,8-9H2,1-3H3. The molecule has 5 nitrogen and oxygen atoms in total. The van der Waals surface area contributed by atoms with Crippen molar-refractivity contribution in [2.45, 2.75) is 45.2 Å². The molecule has 0 bridgehead atoms. The summed E-state index contributed by atoms with van der Waals surface area (Å²) in [6.45, 7) is 5.47. The van der Waals surface area contributed by atoms with E-state index in [0.717, 1.165) is 12.1 Å². The number of alkyl halides is 3. The summed E-state index contributed by atoms with van der Waals surface area (Å²) in [5.74, 6) is 0. The van der Waals surface area contributed by atoms with Crippen molar-refractivity contribution in [2.24, 2.45) is 0 Å². The maximum Gasteiger partial charge on any atom is 0.416 e. The molecule has 1 aliphatic heterocycles. The molecule has 24 heavy (non-hydrogen) atoms. The summed E-state index contributed by atoms with van der Waals surface area (Å²) < 4.78 is 72.5. The molecule has 0 radical (unpaired) electrons. The number of halogens is 3. The van der Waals surface area contributed by atoms with Crippen molar-refractivity contribution in [3.05, 3.63) is 35.4 Å². The number of nitrogens with one attached hydrogen (secondary N) is 1. The third-order valence-electron chi connectivity index (χ3n) is 3.77. The van der Waals surface area contributed by atoms with Gasteiger partial charge in [0.05, 0.1) is 17.8 Å². The van der Waals surface area contributed by atoms with Gasteiger partial charge in [-0.3, -0.25) is 0 Å². The number of rotatable bonds is 4. The van der Waals surface area contributed by atoms with Crippen molar-refractivity contribution in [2.75, 3.05) is 13.1 Å². The number of nitrogens with zero attached hydrogens (tertiary/aromatic N) is 1. The van der Waals surface area contributed by atoms with Gasteiger partial charge in [-0.15, -0.1) is 0 Å². The van der Waals surface area contributed by atoms with E-state index in [-0.39, 0.29) is 30.9 Å². The van der Waals surface area contributed by atoms with E-state index in [1.165, 1.54) is 23.4 Å². The Morgan fingerprint density at radius 1 is 1.25 bits per heavy atom. The van der Waals surface area contributed by atoms with Crippen LogP contribution >= 0.6 is 0 Å². The van der Waals surface area contributed by atoms with Crippen LogP contribution < -0.4 is 4.72 Å². The maximum atomic E-state index is 12.8. The summed E-state index contributed by atoms with van der Waals surface area (Å²) >= 11 is 0. The zero-order valence-corrected chi connectivity index (χ0v) is 14.5. The van der Waals surface area contributed by atoms with Gasteiger partial charge >= 0.3 is 6.18 Å². The summed E-state index contributed by atoms with van der Waals surface area (Å²) in [6, 6.07) is 3.86. The minimum absolute atomic E-state index is 0.203. The number of ether oxygens (including phenoxy) is 1. The molecule has 1 fully saturated rings. The van der Waals surface area contributed by atoms with Gasteiger partial charge in [0.2, 0.25) is 0 Å². The molecule has 1 aromatic rings. The molecule has 136 valence electrons. The molecule has 1 saturated heterocycles. The Bertz CT molecular complexity index is 669. The van der Waals surface area contributed by atoms with E-state index in [1.807, 2.05) is 0 Å². The van der Waals surface area contributed by atoms with E-state index in [2.05, 4.69) is 4.72 Å². The van der Waals surface area contributed by atoms with E-state index >= 15 is 0 Å². The van der Waals surface area contributed by atoms with Gasteiger partial charge in [0.1, 0.15) is 0 Å². The second kappa shape index (κ2) is 6.99. The average molecular weight is 366 g/mol. The number of morpholine rings is 1. The van der Waals surface area contributed by atoms with Crippen LogP contribution in [0.2, 0.25) is 0 Å². The fourth-order valence-electron chi connectivity index (χ4n) is 2.68. The first-order valence-corrected chi connectivity index (χ1v) is 9.03. The van der Waals surface area contributed by atoms with Gasteiger partial charge in [0.15, 0.2) is 0 Å². The van der Waals surface area contributed by atoms with Gasteiger partial charge in [0, 0.05) is 19.1 Å². The molecule has 0 aliphatic carbocycles. The van der Waals surface area contributed by atoms with Crippen molar-refractivity contribution in [1.29, 1.82) is 0 Å². The highest BCUT2D eigenvalue weighted by atomic mass is 32.2. The minimum Gasteiger partial charge on any atom is -0.373 e. The third kappa shape index (κ3) is 4.69. The highest BCUT2D eigenvalue weighted by molar-refractivity contribution is 7.87. The van der Waals surface area contributed by atoms with Crippen LogP contribution in [-0.4, -0.2) is 38.0 Å². The quantitative estimate of drug-likeness (QED) is 0.891. The Morgan fingerprint density at radius 2 is 1.83 bits per heavy atom. The number of hydrogen-bond donors (Lipinski definition) is 1. The molecule has 0 spiro atoms. The lowest BCUT2D eigenvalue weighted by molar-refractivity contribution is -0.137. The van der Waals surface area contributed by atoms with Crippen molar-refractivity contribution < 1.29 is 26.3 Å². The molecule has 3 unspecified atom stereocenters. The van der Waals surface area contributed by atoms with Crippen LogP contribution in [0, 0.1) is 0 Å². The first-order chi connectivity index (χ1) is 11.0. The lowest BCUT2D eigenvalue weighted by Gasteiger charge is -2.35. The van der Waals surface area contributed by atoms with Gasteiger partial charge in [-0.2, -0.15) is 30.6 Å². The molecule has 2 rings (SSSR count). The first-order valence-electron chi connectivity index (χ1n) is 7.59. The van der Waals surface area contributed by atoms with Gasteiger partial charge in [-0.1, -0.05) is 12.1 Å². The summed E-state index contributed by atoms with van der Waals surface area (Å²) in [6.07, 6.45) is -4.95. The van der Waals surface area contributed by atoms with Crippen molar-refractivity contribution in [1.82, 2.24) is 9.03 Å². The topological polar surface area (TPSA) is 58.6 Å². The maximum absolute atomic E-state index is 12.8. The zero-order chi connectivity index (χ0) is 18.1. The van der Waals surface area contributed by atoms with E-state index in [0.29, 0.717) is 0 Å². The first kappa shape index (κ1) is 19.2. The van der Waals surface area contributed by atoms with E-state index in [4.69, 9.17) is 4.74 Å². The molecule has 9 heteroatoms. The summed E-state index contributed by atoms with van der Waals surface area (Å²) in [4.78, 5) is 0. The van der Waals surface area contributed by atoms with E-state index < -0.39 is 28.0 Å².